The summed E-state index contributed by atoms with van der Waals surface area (Å²) in [6, 6.07) is 0. The zero-order valence-corrected chi connectivity index (χ0v) is 14.3. The Morgan fingerprint density at radius 2 is 1.24 bits per heavy atom. The van der Waals surface area contributed by atoms with E-state index in [9.17, 15) is 9.59 Å². The maximum atomic E-state index is 11.4. The van der Waals surface area contributed by atoms with Gasteiger partial charge >= 0.3 is 11.9 Å². The molecule has 21 heavy (non-hydrogen) atoms. The SMILES string of the molecule is CCCCCCCCCCCCCC(C)C(=O)OC(C)=O. The van der Waals surface area contributed by atoms with Crippen LogP contribution in [0.3, 0.4) is 0 Å². The lowest BCUT2D eigenvalue weighted by Gasteiger charge is -2.09. The van der Waals surface area contributed by atoms with Crippen molar-refractivity contribution >= 4 is 11.9 Å². The average Bonchev–Trinajstić information content (AvgIpc) is 2.43. The number of hydrogen-bond donors (Lipinski definition) is 0. The van der Waals surface area contributed by atoms with Crippen molar-refractivity contribution in [2.24, 2.45) is 5.92 Å². The van der Waals surface area contributed by atoms with Crippen molar-refractivity contribution < 1.29 is 14.3 Å². The highest BCUT2D eigenvalue weighted by Gasteiger charge is 2.15. The summed E-state index contributed by atoms with van der Waals surface area (Å²) in [5.74, 6) is -1.05. The fourth-order valence-corrected chi connectivity index (χ4v) is 2.47. The first-order valence-corrected chi connectivity index (χ1v) is 8.80. The smallest absolute Gasteiger partial charge is 0.316 e. The van der Waals surface area contributed by atoms with Crippen LogP contribution < -0.4 is 0 Å². The van der Waals surface area contributed by atoms with E-state index in [0.717, 1.165) is 12.8 Å². The van der Waals surface area contributed by atoms with Gasteiger partial charge in [0.2, 0.25) is 0 Å². The minimum absolute atomic E-state index is 0.160. The molecule has 0 aromatic heterocycles. The number of unbranched alkanes of at least 4 members (excludes halogenated alkanes) is 10. The number of carbonyl (C=O) groups excluding carboxylic acids is 2. The van der Waals surface area contributed by atoms with Gasteiger partial charge in [0.05, 0.1) is 5.92 Å². The third-order valence-electron chi connectivity index (χ3n) is 3.89. The van der Waals surface area contributed by atoms with Crippen molar-refractivity contribution in [2.75, 3.05) is 0 Å². The van der Waals surface area contributed by atoms with E-state index in [1.165, 1.54) is 71.1 Å². The summed E-state index contributed by atoms with van der Waals surface area (Å²) in [4.78, 5) is 22.1. The molecule has 0 aliphatic heterocycles. The first-order valence-electron chi connectivity index (χ1n) is 8.80. The molecule has 1 atom stereocenters. The summed E-state index contributed by atoms with van der Waals surface area (Å²) in [7, 11) is 0. The molecule has 0 saturated heterocycles. The van der Waals surface area contributed by atoms with Gasteiger partial charge in [0.1, 0.15) is 0 Å². The predicted molar refractivity (Wildman–Crippen MR) is 87.0 cm³/mol. The molecule has 0 spiro atoms. The van der Waals surface area contributed by atoms with Crippen LogP contribution in [0.2, 0.25) is 0 Å². The van der Waals surface area contributed by atoms with Gasteiger partial charge in [0.25, 0.3) is 0 Å². The summed E-state index contributed by atoms with van der Waals surface area (Å²) in [6.07, 6.45) is 15.2. The number of rotatable bonds is 13. The molecule has 0 bridgehead atoms. The molecule has 0 amide bonds. The van der Waals surface area contributed by atoms with Crippen LogP contribution in [0.15, 0.2) is 0 Å². The molecule has 0 aromatic rings. The Bertz CT molecular complexity index is 274. The molecule has 0 radical (unpaired) electrons. The van der Waals surface area contributed by atoms with Gasteiger partial charge in [0.15, 0.2) is 0 Å². The lowest BCUT2D eigenvalue weighted by molar-refractivity contribution is -0.160. The zero-order valence-electron chi connectivity index (χ0n) is 14.3. The van der Waals surface area contributed by atoms with Gasteiger partial charge in [0, 0.05) is 6.92 Å². The molecule has 0 heterocycles. The van der Waals surface area contributed by atoms with Gasteiger partial charge in [-0.25, -0.2) is 0 Å². The van der Waals surface area contributed by atoms with Crippen LogP contribution in [0.4, 0.5) is 0 Å². The molecule has 0 fully saturated rings. The van der Waals surface area contributed by atoms with E-state index >= 15 is 0 Å². The lowest BCUT2D eigenvalue weighted by atomic mass is 10.0. The Labute approximate surface area is 130 Å². The number of ether oxygens (including phenoxy) is 1. The van der Waals surface area contributed by atoms with E-state index in [4.69, 9.17) is 0 Å². The van der Waals surface area contributed by atoms with Gasteiger partial charge in [-0.15, -0.1) is 0 Å². The fourth-order valence-electron chi connectivity index (χ4n) is 2.47. The second kappa shape index (κ2) is 14.1. The average molecular weight is 298 g/mol. The molecule has 3 nitrogen and oxygen atoms in total. The summed E-state index contributed by atoms with van der Waals surface area (Å²) in [6.45, 7) is 5.36. The Balaban J connectivity index is 3.28. The summed E-state index contributed by atoms with van der Waals surface area (Å²) in [5, 5.41) is 0. The number of carbonyl (C=O) groups is 2. The van der Waals surface area contributed by atoms with E-state index in [1.54, 1.807) is 0 Å². The Hall–Kier alpha value is -0.860. The van der Waals surface area contributed by atoms with Crippen LogP contribution in [0.1, 0.15) is 97.8 Å². The summed E-state index contributed by atoms with van der Waals surface area (Å²) in [5.41, 5.74) is 0. The molecule has 0 rings (SSSR count). The number of esters is 2. The third kappa shape index (κ3) is 13.9. The van der Waals surface area contributed by atoms with E-state index < -0.39 is 5.97 Å². The molecule has 0 aromatic carbocycles. The van der Waals surface area contributed by atoms with Crippen molar-refractivity contribution in [1.82, 2.24) is 0 Å². The summed E-state index contributed by atoms with van der Waals surface area (Å²) >= 11 is 0. The van der Waals surface area contributed by atoms with E-state index in [2.05, 4.69) is 11.7 Å². The first kappa shape index (κ1) is 20.1. The van der Waals surface area contributed by atoms with Crippen LogP contribution in [0.5, 0.6) is 0 Å². The molecular formula is C18H34O3. The van der Waals surface area contributed by atoms with Crippen LogP contribution in [0, 0.1) is 5.92 Å². The van der Waals surface area contributed by atoms with Crippen molar-refractivity contribution in [2.45, 2.75) is 97.8 Å². The van der Waals surface area contributed by atoms with Crippen molar-refractivity contribution in [3.8, 4) is 0 Å². The largest absolute Gasteiger partial charge is 0.393 e. The highest BCUT2D eigenvalue weighted by molar-refractivity contribution is 5.85. The highest BCUT2D eigenvalue weighted by Crippen LogP contribution is 2.14. The molecule has 124 valence electrons. The van der Waals surface area contributed by atoms with Crippen molar-refractivity contribution in [3.63, 3.8) is 0 Å². The lowest BCUT2D eigenvalue weighted by Crippen LogP contribution is -2.17. The molecular weight excluding hydrogens is 264 g/mol. The Morgan fingerprint density at radius 1 is 0.810 bits per heavy atom. The van der Waals surface area contributed by atoms with E-state index in [-0.39, 0.29) is 11.9 Å². The first-order chi connectivity index (χ1) is 10.1. The van der Waals surface area contributed by atoms with E-state index in [0.29, 0.717) is 0 Å². The van der Waals surface area contributed by atoms with Gasteiger partial charge in [-0.2, -0.15) is 0 Å². The topological polar surface area (TPSA) is 43.4 Å². The monoisotopic (exact) mass is 298 g/mol. The normalized spacial score (nSPS) is 12.1. The molecule has 1 unspecified atom stereocenters. The zero-order chi connectivity index (χ0) is 15.9. The van der Waals surface area contributed by atoms with Crippen LogP contribution in [-0.2, 0) is 14.3 Å². The van der Waals surface area contributed by atoms with Gasteiger partial charge in [-0.1, -0.05) is 84.5 Å². The predicted octanol–water partition coefficient (Wildman–Crippen LogP) is 5.41. The van der Waals surface area contributed by atoms with Gasteiger partial charge in [-0.3, -0.25) is 9.59 Å². The second-order valence-corrected chi connectivity index (χ2v) is 6.14. The van der Waals surface area contributed by atoms with Crippen molar-refractivity contribution in [1.29, 1.82) is 0 Å². The van der Waals surface area contributed by atoms with Crippen LogP contribution in [-0.4, -0.2) is 11.9 Å². The Morgan fingerprint density at radius 3 is 1.67 bits per heavy atom. The third-order valence-corrected chi connectivity index (χ3v) is 3.89. The molecule has 0 aliphatic carbocycles. The molecule has 3 heteroatoms. The molecule has 0 N–H and O–H groups in total. The maximum absolute atomic E-state index is 11.4. The van der Waals surface area contributed by atoms with Gasteiger partial charge < -0.3 is 4.74 Å². The standard InChI is InChI=1S/C18H34O3/c1-4-5-6-7-8-9-10-11-12-13-14-15-16(2)18(20)21-17(3)19/h16H,4-15H2,1-3H3. The second-order valence-electron chi connectivity index (χ2n) is 6.14. The van der Waals surface area contributed by atoms with Crippen molar-refractivity contribution in [3.05, 3.63) is 0 Å². The van der Waals surface area contributed by atoms with Crippen LogP contribution >= 0.6 is 0 Å². The summed E-state index contributed by atoms with van der Waals surface area (Å²) < 4.78 is 4.58. The molecule has 0 saturated carbocycles. The minimum Gasteiger partial charge on any atom is -0.393 e. The number of hydrogen-bond acceptors (Lipinski definition) is 3. The van der Waals surface area contributed by atoms with Crippen LogP contribution in [0.25, 0.3) is 0 Å². The van der Waals surface area contributed by atoms with E-state index in [1.807, 2.05) is 6.92 Å². The Kier molecular flexibility index (Phi) is 13.5. The fraction of sp³-hybridized carbons (Fsp3) is 0.889. The molecule has 0 aliphatic rings. The quantitative estimate of drug-likeness (QED) is 0.259. The maximum Gasteiger partial charge on any atom is 0.316 e. The minimum atomic E-state index is -0.509. The highest BCUT2D eigenvalue weighted by atomic mass is 16.6. The van der Waals surface area contributed by atoms with Gasteiger partial charge in [-0.05, 0) is 6.42 Å².